The van der Waals surface area contributed by atoms with Gasteiger partial charge in [-0.25, -0.2) is 4.79 Å². The summed E-state index contributed by atoms with van der Waals surface area (Å²) in [4.78, 5) is 10.2. The van der Waals surface area contributed by atoms with E-state index in [-0.39, 0.29) is 14.9 Å². The topological polar surface area (TPSA) is 80.7 Å². The van der Waals surface area contributed by atoms with E-state index in [1.165, 1.54) is 12.1 Å². The molecule has 17 heavy (non-hydrogen) atoms. The van der Waals surface area contributed by atoms with Crippen molar-refractivity contribution in [1.82, 2.24) is 0 Å². The van der Waals surface area contributed by atoms with Gasteiger partial charge in [0.1, 0.15) is 4.90 Å². The summed E-state index contributed by atoms with van der Waals surface area (Å²) in [5.41, 5.74) is 0. The third-order valence-corrected chi connectivity index (χ3v) is 3.88. The van der Waals surface area contributed by atoms with Crippen molar-refractivity contribution < 1.29 is 22.5 Å². The second kappa shape index (κ2) is 5.22. The Morgan fingerprint density at radius 1 is 1.41 bits per heavy atom. The van der Waals surface area contributed by atoms with E-state index in [0.717, 1.165) is 13.0 Å². The molecule has 1 atom stereocenters. The van der Waals surface area contributed by atoms with Crippen LogP contribution in [0.15, 0.2) is 23.1 Å². The van der Waals surface area contributed by atoms with Gasteiger partial charge in [0.05, 0.1) is 5.02 Å². The van der Waals surface area contributed by atoms with Crippen LogP contribution in [0, 0.1) is 0 Å². The Bertz CT molecular complexity index is 540. The molecule has 0 unspecified atom stereocenters. The normalized spacial score (nSPS) is 13.4. The van der Waals surface area contributed by atoms with Crippen molar-refractivity contribution in [1.29, 1.82) is 0 Å². The molecule has 1 aromatic rings. The van der Waals surface area contributed by atoms with E-state index < -0.39 is 22.2 Å². The van der Waals surface area contributed by atoms with Gasteiger partial charge in [0.2, 0.25) is 0 Å². The molecule has 0 bridgehead atoms. The number of carboxylic acids is 1. The third kappa shape index (κ3) is 3.57. The van der Waals surface area contributed by atoms with Crippen LogP contribution in [-0.2, 0) is 19.1 Å². The van der Waals surface area contributed by atoms with Crippen molar-refractivity contribution >= 4 is 39.3 Å². The highest BCUT2D eigenvalue weighted by molar-refractivity contribution is 7.87. The second-order valence-electron chi connectivity index (χ2n) is 3.11. The number of halogens is 2. The van der Waals surface area contributed by atoms with Crippen LogP contribution in [0.4, 0.5) is 0 Å². The fourth-order valence-electron chi connectivity index (χ4n) is 0.952. The van der Waals surface area contributed by atoms with E-state index >= 15 is 0 Å². The van der Waals surface area contributed by atoms with Gasteiger partial charge in [0.15, 0.2) is 6.10 Å². The molecule has 0 aliphatic carbocycles. The van der Waals surface area contributed by atoms with Gasteiger partial charge in [-0.1, -0.05) is 23.2 Å². The Balaban J connectivity index is 3.13. The highest BCUT2D eigenvalue weighted by atomic mass is 35.5. The highest BCUT2D eigenvalue weighted by Gasteiger charge is 2.25. The van der Waals surface area contributed by atoms with Crippen molar-refractivity contribution in [2.24, 2.45) is 0 Å². The number of hydrogen-bond donors (Lipinski definition) is 1. The molecule has 1 rings (SSSR count). The van der Waals surface area contributed by atoms with Gasteiger partial charge in [0.25, 0.3) is 10.1 Å². The van der Waals surface area contributed by atoms with E-state index in [1.807, 2.05) is 0 Å². The number of rotatable bonds is 4. The van der Waals surface area contributed by atoms with Gasteiger partial charge in [0, 0.05) is 5.02 Å². The van der Waals surface area contributed by atoms with Gasteiger partial charge in [-0.05, 0) is 25.1 Å². The Labute approximate surface area is 108 Å². The quantitative estimate of drug-likeness (QED) is 0.862. The van der Waals surface area contributed by atoms with Crippen molar-refractivity contribution in [2.75, 3.05) is 0 Å². The molecular formula is C9H8Cl2O5S. The second-order valence-corrected chi connectivity index (χ2v) is 5.49. The summed E-state index contributed by atoms with van der Waals surface area (Å²) in [6.07, 6.45) is -1.50. The minimum atomic E-state index is -4.25. The third-order valence-electron chi connectivity index (χ3n) is 1.78. The summed E-state index contributed by atoms with van der Waals surface area (Å²) >= 11 is 11.3. The SMILES string of the molecule is C[C@H](OS(=O)(=O)c1cc(Cl)ccc1Cl)C(=O)O. The molecule has 8 heteroatoms. The molecule has 0 spiro atoms. The van der Waals surface area contributed by atoms with Crippen LogP contribution in [0.25, 0.3) is 0 Å². The fraction of sp³-hybridized carbons (Fsp3) is 0.222. The first-order valence-corrected chi connectivity index (χ1v) is 6.51. The zero-order valence-electron chi connectivity index (χ0n) is 8.55. The Kier molecular flexibility index (Phi) is 4.37. The molecule has 0 amide bonds. The lowest BCUT2D eigenvalue weighted by atomic mass is 10.4. The Hall–Kier alpha value is -0.820. The molecule has 0 saturated heterocycles. The van der Waals surface area contributed by atoms with Crippen LogP contribution in [0.5, 0.6) is 0 Å². The van der Waals surface area contributed by atoms with Crippen LogP contribution < -0.4 is 0 Å². The van der Waals surface area contributed by atoms with Gasteiger partial charge < -0.3 is 5.11 Å². The lowest BCUT2D eigenvalue weighted by Gasteiger charge is -2.10. The molecule has 0 aliphatic rings. The molecule has 0 saturated carbocycles. The lowest BCUT2D eigenvalue weighted by molar-refractivity contribution is -0.144. The maximum Gasteiger partial charge on any atom is 0.334 e. The zero-order chi connectivity index (χ0) is 13.2. The van der Waals surface area contributed by atoms with E-state index in [4.69, 9.17) is 28.3 Å². The molecule has 0 heterocycles. The number of carboxylic acid groups (broad SMARTS) is 1. The molecule has 5 nitrogen and oxygen atoms in total. The summed E-state index contributed by atoms with van der Waals surface area (Å²) in [5, 5.41) is 8.63. The van der Waals surface area contributed by atoms with Gasteiger partial charge >= 0.3 is 5.97 Å². The van der Waals surface area contributed by atoms with Crippen LogP contribution in [0.2, 0.25) is 10.0 Å². The van der Waals surface area contributed by atoms with Crippen molar-refractivity contribution in [3.8, 4) is 0 Å². The predicted molar refractivity (Wildman–Crippen MR) is 61.8 cm³/mol. The molecule has 0 aromatic heterocycles. The number of hydrogen-bond acceptors (Lipinski definition) is 4. The summed E-state index contributed by atoms with van der Waals surface area (Å²) in [7, 11) is -4.25. The summed E-state index contributed by atoms with van der Waals surface area (Å²) in [5.74, 6) is -1.40. The van der Waals surface area contributed by atoms with Crippen molar-refractivity contribution in [2.45, 2.75) is 17.9 Å². The molecule has 94 valence electrons. The molecule has 0 radical (unpaired) electrons. The minimum absolute atomic E-state index is 0.0908. The first kappa shape index (κ1) is 14.2. The first-order valence-electron chi connectivity index (χ1n) is 4.35. The van der Waals surface area contributed by atoms with Crippen molar-refractivity contribution in [3.05, 3.63) is 28.2 Å². The lowest BCUT2D eigenvalue weighted by Crippen LogP contribution is -2.24. The van der Waals surface area contributed by atoms with E-state index in [0.29, 0.717) is 0 Å². The van der Waals surface area contributed by atoms with Gasteiger partial charge in [-0.15, -0.1) is 0 Å². The standard InChI is InChI=1S/C9H8Cl2O5S/c1-5(9(12)13)16-17(14,15)8-4-6(10)2-3-7(8)11/h2-5H,1H3,(H,12,13)/t5-/m0/s1. The number of benzene rings is 1. The van der Waals surface area contributed by atoms with Crippen LogP contribution in [0.3, 0.4) is 0 Å². The molecule has 1 aromatic carbocycles. The smallest absolute Gasteiger partial charge is 0.334 e. The van der Waals surface area contributed by atoms with E-state index in [9.17, 15) is 13.2 Å². The predicted octanol–water partition coefficient (Wildman–Crippen LogP) is 2.17. The zero-order valence-corrected chi connectivity index (χ0v) is 10.9. The molecule has 0 aliphatic heterocycles. The van der Waals surface area contributed by atoms with E-state index in [2.05, 4.69) is 4.18 Å². The average molecular weight is 299 g/mol. The minimum Gasteiger partial charge on any atom is -0.479 e. The fourth-order valence-corrected chi connectivity index (χ4v) is 2.73. The van der Waals surface area contributed by atoms with Crippen LogP contribution in [-0.4, -0.2) is 25.6 Å². The van der Waals surface area contributed by atoms with Crippen LogP contribution in [0.1, 0.15) is 6.92 Å². The summed E-state index contributed by atoms with van der Waals surface area (Å²) in [6.45, 7) is 1.10. The van der Waals surface area contributed by atoms with Gasteiger partial charge in [-0.3, -0.25) is 4.18 Å². The maximum atomic E-state index is 11.7. The Morgan fingerprint density at radius 2 is 2.00 bits per heavy atom. The van der Waals surface area contributed by atoms with E-state index in [1.54, 1.807) is 0 Å². The molecule has 1 N–H and O–H groups in total. The molecule has 0 fully saturated rings. The molecular weight excluding hydrogens is 291 g/mol. The monoisotopic (exact) mass is 298 g/mol. The number of carbonyl (C=O) groups is 1. The average Bonchev–Trinajstić information content (AvgIpc) is 2.20. The van der Waals surface area contributed by atoms with Crippen LogP contribution >= 0.6 is 23.2 Å². The first-order chi connectivity index (χ1) is 7.74. The Morgan fingerprint density at radius 3 is 2.53 bits per heavy atom. The largest absolute Gasteiger partial charge is 0.479 e. The summed E-state index contributed by atoms with van der Waals surface area (Å²) in [6, 6.07) is 3.78. The number of aliphatic carboxylic acids is 1. The summed E-state index contributed by atoms with van der Waals surface area (Å²) < 4.78 is 27.8. The highest BCUT2D eigenvalue weighted by Crippen LogP contribution is 2.26. The van der Waals surface area contributed by atoms with Crippen molar-refractivity contribution in [3.63, 3.8) is 0 Å². The van der Waals surface area contributed by atoms with Gasteiger partial charge in [-0.2, -0.15) is 8.42 Å². The maximum absolute atomic E-state index is 11.7.